The molecule has 0 fully saturated rings. The van der Waals surface area contributed by atoms with E-state index in [1.54, 1.807) is 26.8 Å². The first kappa shape index (κ1) is 18.6. The average Bonchev–Trinajstić information content (AvgIpc) is 2.38. The van der Waals surface area contributed by atoms with E-state index in [1.165, 1.54) is 6.08 Å². The molecule has 0 aliphatic heterocycles. The molecule has 0 aromatic heterocycles. The zero-order valence-electron chi connectivity index (χ0n) is 13.2. The molecule has 1 amide bonds. The number of carbonyl (C=O) groups excluding carboxylic acids is 1. The van der Waals surface area contributed by atoms with E-state index in [4.69, 9.17) is 9.84 Å². The summed E-state index contributed by atoms with van der Waals surface area (Å²) in [7, 11) is 0. The minimum Gasteiger partial charge on any atom is -0.477 e. The average molecular weight is 327 g/mol. The zero-order valence-corrected chi connectivity index (χ0v) is 13.2. The van der Waals surface area contributed by atoms with Gasteiger partial charge in [-0.2, -0.15) is 0 Å². The van der Waals surface area contributed by atoms with Crippen LogP contribution in [0.15, 0.2) is 18.2 Å². The van der Waals surface area contributed by atoms with Gasteiger partial charge in [-0.15, -0.1) is 0 Å². The maximum absolute atomic E-state index is 13.8. The predicted molar refractivity (Wildman–Crippen MR) is 81.2 cm³/mol. The summed E-state index contributed by atoms with van der Waals surface area (Å²) in [4.78, 5) is 22.2. The Balaban J connectivity index is 2.58. The predicted octanol–water partition coefficient (Wildman–Crippen LogP) is 3.59. The minimum absolute atomic E-state index is 0.0407. The van der Waals surface area contributed by atoms with Gasteiger partial charge in [-0.05, 0) is 39.3 Å². The second-order valence-corrected chi connectivity index (χ2v) is 5.75. The first-order valence-corrected chi connectivity index (χ1v) is 6.96. The van der Waals surface area contributed by atoms with Crippen molar-refractivity contribution < 1.29 is 28.2 Å². The highest BCUT2D eigenvalue weighted by atomic mass is 19.1. The molecule has 0 radical (unpaired) electrons. The third-order valence-corrected chi connectivity index (χ3v) is 2.61. The molecule has 0 unspecified atom stereocenters. The summed E-state index contributed by atoms with van der Waals surface area (Å²) >= 11 is 0. The van der Waals surface area contributed by atoms with Crippen molar-refractivity contribution in [2.24, 2.45) is 0 Å². The summed E-state index contributed by atoms with van der Waals surface area (Å²) in [5.74, 6) is -3.92. The highest BCUT2D eigenvalue weighted by molar-refractivity contribution is 5.89. The number of carboxylic acid groups (broad SMARTS) is 1. The van der Waals surface area contributed by atoms with E-state index in [0.717, 1.165) is 12.1 Å². The van der Waals surface area contributed by atoms with E-state index >= 15 is 0 Å². The molecule has 2 N–H and O–H groups in total. The molecule has 0 aliphatic rings. The summed E-state index contributed by atoms with van der Waals surface area (Å²) < 4.78 is 32.1. The Kier molecular flexibility index (Phi) is 6.24. The van der Waals surface area contributed by atoms with Crippen LogP contribution in [0, 0.1) is 11.6 Å². The van der Waals surface area contributed by atoms with Crippen LogP contribution in [-0.2, 0) is 4.74 Å². The van der Waals surface area contributed by atoms with Crippen LogP contribution in [0.2, 0.25) is 0 Å². The lowest BCUT2D eigenvalue weighted by Gasteiger charge is -2.19. The number of carbonyl (C=O) groups is 2. The normalized spacial score (nSPS) is 11.5. The summed E-state index contributed by atoms with van der Waals surface area (Å²) in [6.45, 7) is 5.48. The Hall–Kier alpha value is -2.44. The van der Waals surface area contributed by atoms with Crippen LogP contribution in [-0.4, -0.2) is 29.3 Å². The summed E-state index contributed by atoms with van der Waals surface area (Å²) in [5.41, 5.74) is -1.62. The number of benzene rings is 1. The number of rotatable bonds is 5. The number of halogens is 2. The number of aromatic carboxylic acids is 1. The minimum atomic E-state index is -1.66. The van der Waals surface area contributed by atoms with Crippen LogP contribution in [0.4, 0.5) is 13.6 Å². The van der Waals surface area contributed by atoms with Gasteiger partial charge in [0.15, 0.2) is 0 Å². The van der Waals surface area contributed by atoms with Crippen molar-refractivity contribution in [1.29, 1.82) is 0 Å². The van der Waals surface area contributed by atoms with Crippen LogP contribution in [0.25, 0.3) is 6.08 Å². The standard InChI is InChI=1S/C16H19F2NO4/c1-16(2,3)23-15(22)19-9-5-4-6-10-7-8-11(17)12(13(10)18)14(20)21/h4,6-8H,5,9H2,1-3H3,(H,19,22)(H,20,21). The number of hydrogen-bond acceptors (Lipinski definition) is 3. The Morgan fingerprint density at radius 1 is 1.30 bits per heavy atom. The lowest BCUT2D eigenvalue weighted by molar-refractivity contribution is 0.0528. The topological polar surface area (TPSA) is 75.6 Å². The van der Waals surface area contributed by atoms with Crippen molar-refractivity contribution in [2.45, 2.75) is 32.8 Å². The Morgan fingerprint density at radius 3 is 2.52 bits per heavy atom. The van der Waals surface area contributed by atoms with Gasteiger partial charge < -0.3 is 15.2 Å². The Labute approximate surface area is 133 Å². The molecule has 0 spiro atoms. The smallest absolute Gasteiger partial charge is 0.407 e. The number of amides is 1. The first-order valence-electron chi connectivity index (χ1n) is 6.96. The molecular formula is C16H19F2NO4. The van der Waals surface area contributed by atoms with Crippen LogP contribution >= 0.6 is 0 Å². The quantitative estimate of drug-likeness (QED) is 0.810. The van der Waals surface area contributed by atoms with Gasteiger partial charge in [0.1, 0.15) is 22.8 Å². The molecule has 0 heterocycles. The molecule has 5 nitrogen and oxygen atoms in total. The third-order valence-electron chi connectivity index (χ3n) is 2.61. The number of ether oxygens (including phenoxy) is 1. The van der Waals surface area contributed by atoms with E-state index < -0.39 is 34.9 Å². The van der Waals surface area contributed by atoms with E-state index in [9.17, 15) is 18.4 Å². The largest absolute Gasteiger partial charge is 0.477 e. The summed E-state index contributed by atoms with van der Waals surface area (Å²) in [6.07, 6.45) is 2.68. The lowest BCUT2D eigenvalue weighted by Crippen LogP contribution is -2.32. The van der Waals surface area contributed by atoms with Crippen LogP contribution in [0.1, 0.15) is 43.1 Å². The fourth-order valence-electron chi connectivity index (χ4n) is 1.68. The molecule has 0 bridgehead atoms. The van der Waals surface area contributed by atoms with Gasteiger partial charge in [0, 0.05) is 12.1 Å². The van der Waals surface area contributed by atoms with Crippen molar-refractivity contribution in [2.75, 3.05) is 6.54 Å². The molecule has 1 aromatic carbocycles. The third kappa shape index (κ3) is 6.06. The van der Waals surface area contributed by atoms with Crippen molar-refractivity contribution in [3.8, 4) is 0 Å². The molecule has 126 valence electrons. The Bertz CT molecular complexity index is 621. The second kappa shape index (κ2) is 7.71. The van der Waals surface area contributed by atoms with Gasteiger partial charge in [-0.1, -0.05) is 12.2 Å². The molecule has 0 aliphatic carbocycles. The van der Waals surface area contributed by atoms with E-state index in [2.05, 4.69) is 5.32 Å². The SMILES string of the molecule is CC(C)(C)OC(=O)NCCC=Cc1ccc(F)c(C(=O)O)c1F. The van der Waals surface area contributed by atoms with Gasteiger partial charge in [0.25, 0.3) is 0 Å². The molecule has 0 saturated heterocycles. The number of alkyl carbamates (subject to hydrolysis) is 1. The van der Waals surface area contributed by atoms with Gasteiger partial charge in [0.2, 0.25) is 0 Å². The molecule has 1 aromatic rings. The van der Waals surface area contributed by atoms with Crippen LogP contribution < -0.4 is 5.32 Å². The van der Waals surface area contributed by atoms with E-state index in [-0.39, 0.29) is 12.1 Å². The maximum atomic E-state index is 13.8. The fourth-order valence-corrected chi connectivity index (χ4v) is 1.68. The number of nitrogens with one attached hydrogen (secondary N) is 1. The van der Waals surface area contributed by atoms with Crippen LogP contribution in [0.3, 0.4) is 0 Å². The fraction of sp³-hybridized carbons (Fsp3) is 0.375. The van der Waals surface area contributed by atoms with E-state index in [0.29, 0.717) is 6.42 Å². The molecule has 23 heavy (non-hydrogen) atoms. The van der Waals surface area contributed by atoms with Crippen molar-refractivity contribution in [3.63, 3.8) is 0 Å². The maximum Gasteiger partial charge on any atom is 0.407 e. The lowest BCUT2D eigenvalue weighted by atomic mass is 10.1. The molecule has 0 atom stereocenters. The van der Waals surface area contributed by atoms with Gasteiger partial charge >= 0.3 is 12.1 Å². The number of carboxylic acids is 1. The van der Waals surface area contributed by atoms with E-state index in [1.807, 2.05) is 0 Å². The zero-order chi connectivity index (χ0) is 17.6. The summed E-state index contributed by atoms with van der Waals surface area (Å²) in [6, 6.07) is 2.04. The van der Waals surface area contributed by atoms with Crippen molar-refractivity contribution in [3.05, 3.63) is 41.0 Å². The molecule has 1 rings (SSSR count). The molecule has 7 heteroatoms. The molecular weight excluding hydrogens is 308 g/mol. The second-order valence-electron chi connectivity index (χ2n) is 5.75. The number of hydrogen-bond donors (Lipinski definition) is 2. The molecule has 0 saturated carbocycles. The van der Waals surface area contributed by atoms with Crippen molar-refractivity contribution in [1.82, 2.24) is 5.32 Å². The highest BCUT2D eigenvalue weighted by Gasteiger charge is 2.18. The summed E-state index contributed by atoms with van der Waals surface area (Å²) in [5, 5.41) is 11.3. The highest BCUT2D eigenvalue weighted by Crippen LogP contribution is 2.18. The van der Waals surface area contributed by atoms with Crippen molar-refractivity contribution >= 4 is 18.1 Å². The monoisotopic (exact) mass is 327 g/mol. The van der Waals surface area contributed by atoms with Gasteiger partial charge in [-0.25, -0.2) is 18.4 Å². The van der Waals surface area contributed by atoms with Crippen LogP contribution in [0.5, 0.6) is 0 Å². The first-order chi connectivity index (χ1) is 10.6. The van der Waals surface area contributed by atoms with Gasteiger partial charge in [0.05, 0.1) is 0 Å². The van der Waals surface area contributed by atoms with Gasteiger partial charge in [-0.3, -0.25) is 0 Å². The Morgan fingerprint density at radius 2 is 1.96 bits per heavy atom.